The highest BCUT2D eigenvalue weighted by molar-refractivity contribution is 5.79. The fraction of sp³-hybridized carbons (Fsp3) is 0.375. The molecule has 1 fully saturated rings. The van der Waals surface area contributed by atoms with Crippen LogP contribution in [0.15, 0.2) is 60.7 Å². The van der Waals surface area contributed by atoms with Crippen molar-refractivity contribution in [2.24, 2.45) is 0 Å². The van der Waals surface area contributed by atoms with Crippen molar-refractivity contribution >= 4 is 11.8 Å². The van der Waals surface area contributed by atoms with E-state index in [9.17, 15) is 9.59 Å². The molecule has 2 atom stereocenters. The number of nitrogens with one attached hydrogen (secondary N) is 1. The van der Waals surface area contributed by atoms with Gasteiger partial charge >= 0.3 is 0 Å². The molecule has 0 saturated carbocycles. The van der Waals surface area contributed by atoms with Crippen LogP contribution in [0.2, 0.25) is 0 Å². The quantitative estimate of drug-likeness (QED) is 0.507. The molecule has 2 amide bonds. The molecule has 42 heavy (non-hydrogen) atoms. The van der Waals surface area contributed by atoms with Gasteiger partial charge in [-0.1, -0.05) is 24.3 Å². The molecule has 0 unspecified atom stereocenters. The molecule has 1 saturated heterocycles. The lowest BCUT2D eigenvalue weighted by Gasteiger charge is -2.23. The Balaban J connectivity index is 1.17. The molecule has 3 heterocycles. The molecule has 220 valence electrons. The van der Waals surface area contributed by atoms with Crippen LogP contribution in [0, 0.1) is 0 Å². The molecule has 3 aliphatic heterocycles. The normalized spacial score (nSPS) is 20.4. The van der Waals surface area contributed by atoms with Crippen molar-refractivity contribution in [2.45, 2.75) is 38.1 Å². The number of fused-ring (bicyclic) bond motifs is 6. The number of likely N-dealkylation sites (tertiary alicyclic amines) is 1. The van der Waals surface area contributed by atoms with E-state index < -0.39 is 0 Å². The smallest absolute Gasteiger partial charge is 0.234 e. The van der Waals surface area contributed by atoms with Crippen LogP contribution in [0.1, 0.15) is 23.1 Å². The fourth-order valence-electron chi connectivity index (χ4n) is 5.58. The Hall–Kier alpha value is -4.28. The summed E-state index contributed by atoms with van der Waals surface area (Å²) < 4.78 is 28.9. The van der Waals surface area contributed by atoms with Gasteiger partial charge in [0.15, 0.2) is 23.0 Å². The zero-order valence-electron chi connectivity index (χ0n) is 23.8. The zero-order valence-corrected chi connectivity index (χ0v) is 23.8. The second-order valence-electron chi connectivity index (χ2n) is 10.9. The standard InChI is InChI=1S/C32H35N3O7/c1-34-15-22-7-9-26(38-2)29(14-22)42-24-5-3-4-23(12-24)19-39-30-17-35(16-25(30)33-31(36)18-34)32(37)11-8-21-6-10-27-28(13-21)41-20-40-27/h3-7,9-10,12-14,25,30H,8,11,15-20H2,1-2H3,(H,33,36)/t25-,30-/m0/s1. The second kappa shape index (κ2) is 12.3. The number of nitrogens with zero attached hydrogens (tertiary/aromatic N) is 2. The summed E-state index contributed by atoms with van der Waals surface area (Å²) in [6.07, 6.45) is 0.577. The Kier molecular flexibility index (Phi) is 8.16. The Morgan fingerprint density at radius 1 is 0.976 bits per heavy atom. The van der Waals surface area contributed by atoms with Gasteiger partial charge in [-0.15, -0.1) is 0 Å². The second-order valence-corrected chi connectivity index (χ2v) is 10.9. The number of benzene rings is 3. The highest BCUT2D eigenvalue weighted by atomic mass is 16.7. The Morgan fingerprint density at radius 2 is 1.86 bits per heavy atom. The molecule has 10 heteroatoms. The van der Waals surface area contributed by atoms with Crippen molar-refractivity contribution in [1.82, 2.24) is 15.1 Å². The molecule has 3 aromatic carbocycles. The van der Waals surface area contributed by atoms with Gasteiger partial charge in [-0.25, -0.2) is 0 Å². The minimum atomic E-state index is -0.348. The number of carbonyl (C=O) groups is 2. The molecule has 0 aromatic heterocycles. The molecule has 4 bridgehead atoms. The van der Waals surface area contributed by atoms with Crippen LogP contribution in [-0.4, -0.2) is 74.3 Å². The van der Waals surface area contributed by atoms with Crippen LogP contribution in [0.5, 0.6) is 28.7 Å². The van der Waals surface area contributed by atoms with Crippen LogP contribution in [0.3, 0.4) is 0 Å². The first kappa shape index (κ1) is 27.9. The Morgan fingerprint density at radius 3 is 2.74 bits per heavy atom. The lowest BCUT2D eigenvalue weighted by molar-refractivity contribution is -0.130. The lowest BCUT2D eigenvalue weighted by atomic mass is 10.1. The van der Waals surface area contributed by atoms with Gasteiger partial charge in [0.2, 0.25) is 18.6 Å². The van der Waals surface area contributed by atoms with Crippen LogP contribution in [0.4, 0.5) is 0 Å². The maximum atomic E-state index is 13.3. The zero-order chi connectivity index (χ0) is 29.1. The lowest BCUT2D eigenvalue weighted by Crippen LogP contribution is -2.47. The summed E-state index contributed by atoms with van der Waals surface area (Å²) in [6.45, 7) is 2.06. The highest BCUT2D eigenvalue weighted by Gasteiger charge is 2.37. The number of likely N-dealkylation sites (N-methyl/N-ethyl adjacent to an activating group) is 1. The summed E-state index contributed by atoms with van der Waals surface area (Å²) in [5, 5.41) is 3.14. The largest absolute Gasteiger partial charge is 0.493 e. The first-order chi connectivity index (χ1) is 20.4. The summed E-state index contributed by atoms with van der Waals surface area (Å²) in [7, 11) is 3.50. The van der Waals surface area contributed by atoms with E-state index in [1.54, 1.807) is 12.0 Å². The number of ether oxygens (including phenoxy) is 5. The number of aryl methyl sites for hydroxylation is 1. The van der Waals surface area contributed by atoms with Gasteiger partial charge in [0.05, 0.1) is 32.4 Å². The van der Waals surface area contributed by atoms with E-state index in [1.807, 2.05) is 72.6 Å². The average molecular weight is 574 g/mol. The number of rotatable bonds is 4. The molecular formula is C32H35N3O7. The number of methoxy groups -OCH3 is 1. The molecule has 3 aliphatic rings. The van der Waals surface area contributed by atoms with Crippen molar-refractivity contribution < 1.29 is 33.3 Å². The molecular weight excluding hydrogens is 538 g/mol. The van der Waals surface area contributed by atoms with Crippen molar-refractivity contribution in [3.63, 3.8) is 0 Å². The van der Waals surface area contributed by atoms with Crippen molar-refractivity contribution in [3.05, 3.63) is 77.4 Å². The van der Waals surface area contributed by atoms with Crippen LogP contribution in [0.25, 0.3) is 0 Å². The summed E-state index contributed by atoms with van der Waals surface area (Å²) in [5.74, 6) is 3.22. The van der Waals surface area contributed by atoms with Crippen LogP contribution in [-0.2, 0) is 33.9 Å². The summed E-state index contributed by atoms with van der Waals surface area (Å²) in [5.41, 5.74) is 2.92. The Bertz CT molecular complexity index is 1460. The third kappa shape index (κ3) is 6.45. The highest BCUT2D eigenvalue weighted by Crippen LogP contribution is 2.34. The number of carbonyl (C=O) groups excluding carboxylic acids is 2. The van der Waals surface area contributed by atoms with E-state index in [4.69, 9.17) is 23.7 Å². The summed E-state index contributed by atoms with van der Waals surface area (Å²) >= 11 is 0. The maximum absolute atomic E-state index is 13.3. The SMILES string of the molecule is COc1ccc2cc1Oc1cccc(c1)CO[C@H]1CN(C(=O)CCc3ccc4c(c3)OCO4)C[C@@H]1NC(=O)CN(C)C2. The van der Waals surface area contributed by atoms with Crippen LogP contribution >= 0.6 is 0 Å². The van der Waals surface area contributed by atoms with E-state index in [0.717, 1.165) is 22.4 Å². The van der Waals surface area contributed by atoms with Crippen molar-refractivity contribution in [1.29, 1.82) is 0 Å². The molecule has 0 aliphatic carbocycles. The molecule has 10 nitrogen and oxygen atoms in total. The van der Waals surface area contributed by atoms with Gasteiger partial charge < -0.3 is 33.9 Å². The first-order valence-electron chi connectivity index (χ1n) is 14.1. The van der Waals surface area contributed by atoms with E-state index in [2.05, 4.69) is 5.32 Å². The van der Waals surface area contributed by atoms with E-state index in [0.29, 0.717) is 62.1 Å². The monoisotopic (exact) mass is 573 g/mol. The third-order valence-electron chi connectivity index (χ3n) is 7.71. The molecule has 0 spiro atoms. The van der Waals surface area contributed by atoms with Gasteiger partial charge in [-0.05, 0) is 66.6 Å². The van der Waals surface area contributed by atoms with Gasteiger partial charge in [-0.3, -0.25) is 14.5 Å². The number of hydrogen-bond donors (Lipinski definition) is 1. The van der Waals surface area contributed by atoms with Crippen molar-refractivity contribution in [3.8, 4) is 28.7 Å². The Labute approximate surface area is 245 Å². The predicted molar refractivity (Wildman–Crippen MR) is 154 cm³/mol. The van der Waals surface area contributed by atoms with Gasteiger partial charge in [0.1, 0.15) is 5.75 Å². The third-order valence-corrected chi connectivity index (χ3v) is 7.71. The first-order valence-corrected chi connectivity index (χ1v) is 14.1. The predicted octanol–water partition coefficient (Wildman–Crippen LogP) is 3.51. The van der Waals surface area contributed by atoms with E-state index in [1.165, 1.54) is 0 Å². The van der Waals surface area contributed by atoms with Crippen molar-refractivity contribution in [2.75, 3.05) is 40.6 Å². The average Bonchev–Trinajstić information content (AvgIpc) is 3.61. The van der Waals surface area contributed by atoms with Gasteiger partial charge in [-0.2, -0.15) is 0 Å². The fourth-order valence-corrected chi connectivity index (χ4v) is 5.58. The number of amides is 2. The maximum Gasteiger partial charge on any atom is 0.234 e. The topological polar surface area (TPSA) is 98.8 Å². The minimum absolute atomic E-state index is 0.0182. The van der Waals surface area contributed by atoms with E-state index >= 15 is 0 Å². The van der Waals surface area contributed by atoms with Gasteiger partial charge in [0.25, 0.3) is 0 Å². The summed E-state index contributed by atoms with van der Waals surface area (Å²) in [4.78, 5) is 30.1. The van der Waals surface area contributed by atoms with E-state index in [-0.39, 0.29) is 37.3 Å². The summed E-state index contributed by atoms with van der Waals surface area (Å²) in [6, 6.07) is 18.9. The minimum Gasteiger partial charge on any atom is -0.493 e. The molecule has 3 aromatic rings. The molecule has 0 radical (unpaired) electrons. The molecule has 1 N–H and O–H groups in total. The van der Waals surface area contributed by atoms with Crippen LogP contribution < -0.4 is 24.3 Å². The molecule has 6 rings (SSSR count). The van der Waals surface area contributed by atoms with Gasteiger partial charge in [0, 0.05) is 26.1 Å². The number of hydrogen-bond acceptors (Lipinski definition) is 8.